The minimum atomic E-state index is -3.54. The van der Waals surface area contributed by atoms with Gasteiger partial charge in [-0.15, -0.1) is 0 Å². The number of carbonyl (C=O) groups excluding carboxylic acids is 1. The van der Waals surface area contributed by atoms with Crippen molar-refractivity contribution in [3.05, 3.63) is 120 Å². The molecule has 0 amide bonds. The van der Waals surface area contributed by atoms with Crippen molar-refractivity contribution in [2.45, 2.75) is 13.8 Å². The van der Waals surface area contributed by atoms with E-state index < -0.39 is 7.14 Å². The molecule has 5 aromatic rings. The molecule has 174 valence electrons. The van der Waals surface area contributed by atoms with Crippen molar-refractivity contribution in [1.29, 1.82) is 0 Å². The Morgan fingerprint density at radius 3 is 1.91 bits per heavy atom. The fraction of sp³-hybridized carbons (Fsp3) is 0.100. The fourth-order valence-corrected chi connectivity index (χ4v) is 8.01. The minimum absolute atomic E-state index is 0.0919. The summed E-state index contributed by atoms with van der Waals surface area (Å²) in [4.78, 5) is 13.8. The molecule has 1 heterocycles. The highest BCUT2D eigenvalue weighted by Crippen LogP contribution is 2.48. The maximum Gasteiger partial charge on any atom is 0.229 e. The molecule has 0 aliphatic heterocycles. The first-order valence-corrected chi connectivity index (χ1v) is 13.1. The molecule has 0 bridgehead atoms. The first-order chi connectivity index (χ1) is 16.9. The van der Waals surface area contributed by atoms with Crippen LogP contribution in [0, 0.1) is 13.8 Å². The zero-order chi connectivity index (χ0) is 24.6. The van der Waals surface area contributed by atoms with Gasteiger partial charge in [-0.1, -0.05) is 78.9 Å². The van der Waals surface area contributed by atoms with Crippen LogP contribution in [0.25, 0.3) is 11.0 Å². The molecule has 0 spiro atoms. The van der Waals surface area contributed by atoms with E-state index in [2.05, 4.69) is 0 Å². The third-order valence-corrected chi connectivity index (χ3v) is 9.77. The van der Waals surface area contributed by atoms with Crippen LogP contribution >= 0.6 is 7.14 Å². The van der Waals surface area contributed by atoms with Crippen LogP contribution in [0.5, 0.6) is 5.75 Å². The van der Waals surface area contributed by atoms with E-state index in [1.165, 1.54) is 0 Å². The third-order valence-electron chi connectivity index (χ3n) is 6.34. The smallest absolute Gasteiger partial charge is 0.229 e. The highest BCUT2D eigenvalue weighted by molar-refractivity contribution is 7.86. The molecule has 0 N–H and O–H groups in total. The van der Waals surface area contributed by atoms with Gasteiger partial charge in [-0.25, -0.2) is 0 Å². The van der Waals surface area contributed by atoms with Gasteiger partial charge in [-0.3, -0.25) is 4.79 Å². The van der Waals surface area contributed by atoms with E-state index in [1.807, 2.05) is 74.5 Å². The average molecular weight is 481 g/mol. The van der Waals surface area contributed by atoms with Crippen molar-refractivity contribution in [1.82, 2.24) is 0 Å². The van der Waals surface area contributed by atoms with Gasteiger partial charge in [0, 0.05) is 27.6 Å². The summed E-state index contributed by atoms with van der Waals surface area (Å²) in [5.41, 5.74) is 2.71. The summed E-state index contributed by atoms with van der Waals surface area (Å²) in [5, 5.41) is 2.44. The van der Waals surface area contributed by atoms with Crippen LogP contribution < -0.4 is 20.7 Å². The second-order valence-corrected chi connectivity index (χ2v) is 11.1. The summed E-state index contributed by atoms with van der Waals surface area (Å²) in [6.45, 7) is 3.90. The predicted molar refractivity (Wildman–Crippen MR) is 142 cm³/mol. The maximum absolute atomic E-state index is 15.6. The zero-order valence-corrected chi connectivity index (χ0v) is 20.7. The quantitative estimate of drug-likeness (QED) is 0.223. The van der Waals surface area contributed by atoms with Gasteiger partial charge in [0.2, 0.25) is 5.78 Å². The van der Waals surface area contributed by atoms with Gasteiger partial charge in [0.05, 0.1) is 12.4 Å². The Kier molecular flexibility index (Phi) is 5.92. The summed E-state index contributed by atoms with van der Waals surface area (Å²) in [6.07, 6.45) is 0. The lowest BCUT2D eigenvalue weighted by molar-refractivity contribution is 0.101. The lowest BCUT2D eigenvalue weighted by Gasteiger charge is -2.23. The summed E-state index contributed by atoms with van der Waals surface area (Å²) in [5.74, 6) is 0.380. The highest BCUT2D eigenvalue weighted by atomic mass is 31.2. The van der Waals surface area contributed by atoms with Crippen LogP contribution in [-0.2, 0) is 4.57 Å². The largest absolute Gasteiger partial charge is 0.497 e. The van der Waals surface area contributed by atoms with Gasteiger partial charge in [0.1, 0.15) is 11.3 Å². The van der Waals surface area contributed by atoms with Gasteiger partial charge in [-0.2, -0.15) is 0 Å². The van der Waals surface area contributed by atoms with E-state index in [0.717, 1.165) is 11.1 Å². The number of hydrogen-bond acceptors (Lipinski definition) is 4. The van der Waals surface area contributed by atoms with Crippen molar-refractivity contribution in [3.8, 4) is 5.75 Å². The maximum atomic E-state index is 15.6. The molecule has 0 saturated carbocycles. The van der Waals surface area contributed by atoms with Gasteiger partial charge < -0.3 is 13.7 Å². The van der Waals surface area contributed by atoms with E-state index in [0.29, 0.717) is 38.2 Å². The molecule has 0 aliphatic rings. The normalized spacial score (nSPS) is 11.5. The number of fused-ring (bicyclic) bond motifs is 1. The number of carbonyl (C=O) groups is 1. The molecule has 5 heteroatoms. The van der Waals surface area contributed by atoms with Crippen molar-refractivity contribution >= 4 is 39.8 Å². The Morgan fingerprint density at radius 1 is 0.771 bits per heavy atom. The molecule has 1 aromatic heterocycles. The summed E-state index contributed by atoms with van der Waals surface area (Å²) >= 11 is 0. The molecule has 0 aliphatic carbocycles. The molecule has 0 fully saturated rings. The number of ketones is 1. The topological polar surface area (TPSA) is 56.5 Å². The van der Waals surface area contributed by atoms with Crippen molar-refractivity contribution in [3.63, 3.8) is 0 Å². The second-order valence-electron chi connectivity index (χ2n) is 8.52. The van der Waals surface area contributed by atoms with E-state index in [4.69, 9.17) is 9.15 Å². The monoisotopic (exact) mass is 480 g/mol. The SMILES string of the molecule is COc1ccc2c(P(=O)(c3ccccc3C)c3ccccc3C)c(C(=O)c3ccccc3)oc2c1. The van der Waals surface area contributed by atoms with Crippen LogP contribution in [0.1, 0.15) is 27.2 Å². The van der Waals surface area contributed by atoms with E-state index in [9.17, 15) is 4.79 Å². The Bertz CT molecular complexity index is 1550. The Labute approximate surface area is 204 Å². The number of aryl methyl sites for hydroxylation is 2. The van der Waals surface area contributed by atoms with Gasteiger partial charge in [-0.05, 0) is 37.1 Å². The molecule has 0 atom stereocenters. The van der Waals surface area contributed by atoms with Crippen molar-refractivity contribution < 1.29 is 18.5 Å². The Balaban J connectivity index is 1.93. The zero-order valence-electron chi connectivity index (χ0n) is 19.8. The second kappa shape index (κ2) is 9.05. The molecule has 4 aromatic carbocycles. The number of rotatable bonds is 6. The molecule has 0 unspecified atom stereocenters. The lowest BCUT2D eigenvalue weighted by Crippen LogP contribution is -2.30. The lowest BCUT2D eigenvalue weighted by atomic mass is 10.1. The van der Waals surface area contributed by atoms with Gasteiger partial charge in [0.15, 0.2) is 12.9 Å². The minimum Gasteiger partial charge on any atom is -0.497 e. The van der Waals surface area contributed by atoms with E-state index >= 15 is 4.57 Å². The molecular weight excluding hydrogens is 455 g/mol. The number of hydrogen-bond donors (Lipinski definition) is 0. The number of furan rings is 1. The van der Waals surface area contributed by atoms with E-state index in [-0.39, 0.29) is 11.5 Å². The predicted octanol–water partition coefficient (Wildman–Crippen LogP) is 5.93. The van der Waals surface area contributed by atoms with Gasteiger partial charge >= 0.3 is 0 Å². The summed E-state index contributed by atoms with van der Waals surface area (Å²) < 4.78 is 27.2. The fourth-order valence-electron chi connectivity index (χ4n) is 4.58. The van der Waals surface area contributed by atoms with Crippen LogP contribution in [0.4, 0.5) is 0 Å². The molecule has 4 nitrogen and oxygen atoms in total. The molecule has 5 rings (SSSR count). The number of ether oxygens (including phenoxy) is 1. The summed E-state index contributed by atoms with van der Waals surface area (Å²) in [7, 11) is -1.96. The first kappa shape index (κ1) is 22.9. The average Bonchev–Trinajstić information content (AvgIpc) is 3.28. The number of benzene rings is 4. The van der Waals surface area contributed by atoms with Crippen LogP contribution in [0.2, 0.25) is 0 Å². The molecule has 0 saturated heterocycles. The molecule has 0 radical (unpaired) electrons. The Morgan fingerprint density at radius 2 is 1.34 bits per heavy atom. The van der Waals surface area contributed by atoms with Crippen LogP contribution in [-0.4, -0.2) is 12.9 Å². The standard InChI is InChI=1S/C30H25O4P/c1-20-11-7-9-15-26(20)35(32,27-16-10-8-12-21(27)2)30-24-18-17-23(33-3)19-25(24)34-29(30)28(31)22-13-5-4-6-14-22/h4-19H,1-3H3. The third kappa shape index (κ3) is 3.80. The highest BCUT2D eigenvalue weighted by Gasteiger charge is 2.40. The summed E-state index contributed by atoms with van der Waals surface area (Å²) in [6, 6.07) is 29.6. The Hall–Kier alpha value is -3.88. The van der Waals surface area contributed by atoms with Gasteiger partial charge in [0.25, 0.3) is 0 Å². The first-order valence-electron chi connectivity index (χ1n) is 11.4. The molecule has 35 heavy (non-hydrogen) atoms. The number of methoxy groups -OCH3 is 1. The van der Waals surface area contributed by atoms with Crippen LogP contribution in [0.15, 0.2) is 101 Å². The van der Waals surface area contributed by atoms with Crippen molar-refractivity contribution in [2.24, 2.45) is 0 Å². The molecular formula is C30H25O4P. The van der Waals surface area contributed by atoms with E-state index in [1.54, 1.807) is 43.5 Å². The van der Waals surface area contributed by atoms with Crippen LogP contribution in [0.3, 0.4) is 0 Å². The van der Waals surface area contributed by atoms with Crippen molar-refractivity contribution in [2.75, 3.05) is 7.11 Å².